The van der Waals surface area contributed by atoms with Crippen molar-refractivity contribution in [1.82, 2.24) is 9.97 Å². The first-order valence-electron chi connectivity index (χ1n) is 5.95. The van der Waals surface area contributed by atoms with Crippen molar-refractivity contribution in [3.63, 3.8) is 0 Å². The Balaban J connectivity index is 3.00. The Bertz CT molecular complexity index is 849. The molecule has 0 atom stereocenters. The quantitative estimate of drug-likeness (QED) is 0.333. The topological polar surface area (TPSA) is 155 Å². The van der Waals surface area contributed by atoms with E-state index in [-0.39, 0.29) is 38.7 Å². The monoisotopic (exact) mass is 327 g/mol. The lowest BCUT2D eigenvalue weighted by molar-refractivity contribution is -0.384. The van der Waals surface area contributed by atoms with Crippen molar-refractivity contribution >= 4 is 40.1 Å². The van der Waals surface area contributed by atoms with Gasteiger partial charge in [-0.2, -0.15) is 9.99 Å². The minimum absolute atomic E-state index is 0.0275. The molecule has 1 aromatic heterocycles. The molecule has 0 aliphatic carbocycles. The molecule has 2 rings (SSSR count). The third-order valence-electron chi connectivity index (χ3n) is 3.00. The number of H-pyrrole nitrogens is 1. The van der Waals surface area contributed by atoms with E-state index in [4.69, 9.17) is 22.6 Å². The fourth-order valence-corrected chi connectivity index (χ4v) is 2.43. The lowest BCUT2D eigenvalue weighted by Crippen LogP contribution is -2.38. The Morgan fingerprint density at radius 2 is 2.27 bits per heavy atom. The average molecular weight is 328 g/mol. The Hall–Kier alpha value is -2.72. The van der Waals surface area contributed by atoms with Gasteiger partial charge in [-0.3, -0.25) is 10.1 Å². The van der Waals surface area contributed by atoms with Gasteiger partial charge in [0.25, 0.3) is 5.69 Å². The van der Waals surface area contributed by atoms with Crippen molar-refractivity contribution in [3.05, 3.63) is 37.3 Å². The first-order valence-corrected chi connectivity index (χ1v) is 6.33. The van der Waals surface area contributed by atoms with Crippen LogP contribution in [0.3, 0.4) is 0 Å². The second kappa shape index (κ2) is 5.58. The summed E-state index contributed by atoms with van der Waals surface area (Å²) in [7, 11) is 0. The van der Waals surface area contributed by atoms with Gasteiger partial charge in [-0.1, -0.05) is 18.5 Å². The van der Waals surface area contributed by atoms with E-state index in [0.717, 1.165) is 6.07 Å². The molecule has 1 heterocycles. The highest BCUT2D eigenvalue weighted by molar-refractivity contribution is 6.34. The van der Waals surface area contributed by atoms with Gasteiger partial charge in [0.1, 0.15) is 5.02 Å². The third kappa shape index (κ3) is 2.44. The Morgan fingerprint density at radius 1 is 1.64 bits per heavy atom. The second-order valence-corrected chi connectivity index (χ2v) is 4.62. The predicted molar refractivity (Wildman–Crippen MR) is 78.1 cm³/mol. The van der Waals surface area contributed by atoms with Crippen LogP contribution in [0, 0.1) is 10.1 Å². The highest BCUT2D eigenvalue weighted by atomic mass is 35.5. The molecular weight excluding hydrogens is 318 g/mol. The molecule has 11 heteroatoms. The summed E-state index contributed by atoms with van der Waals surface area (Å²) >= 11 is 6.01. The number of hydrazine groups is 1. The van der Waals surface area contributed by atoms with Crippen LogP contribution in [-0.2, 0) is 6.42 Å². The van der Waals surface area contributed by atoms with Gasteiger partial charge in [0, 0.05) is 11.5 Å². The highest BCUT2D eigenvalue weighted by Crippen LogP contribution is 2.37. The average Bonchev–Trinajstić information content (AvgIpc) is 2.45. The number of aryl methyl sites for hydroxylation is 1. The molecule has 1 amide bonds. The number of anilines is 1. The highest BCUT2D eigenvalue weighted by Gasteiger charge is 2.25. The first-order chi connectivity index (χ1) is 10.3. The summed E-state index contributed by atoms with van der Waals surface area (Å²) in [6.45, 7) is 1.67. The maximum absolute atomic E-state index is 11.6. The Labute approximate surface area is 127 Å². The number of benzene rings is 1. The summed E-state index contributed by atoms with van der Waals surface area (Å²) in [6, 6.07) is 1.04. The molecule has 0 bridgehead atoms. The van der Waals surface area contributed by atoms with Crippen LogP contribution in [0.4, 0.5) is 16.3 Å². The first kappa shape index (κ1) is 15.7. The molecule has 10 nitrogen and oxygen atoms in total. The van der Waals surface area contributed by atoms with E-state index in [9.17, 15) is 19.7 Å². The summed E-state index contributed by atoms with van der Waals surface area (Å²) in [4.78, 5) is 38.7. The van der Waals surface area contributed by atoms with E-state index in [0.29, 0.717) is 0 Å². The molecule has 0 aliphatic heterocycles. The zero-order chi connectivity index (χ0) is 16.6. The number of carboxylic acid groups (broad SMARTS) is 1. The SMILES string of the molecule is CCc1c(Cl)c([N+](=O)[O-])cc2[nH]c(=O)nc(N(N)C(=O)O)c12. The summed E-state index contributed by atoms with van der Waals surface area (Å²) in [5.41, 5.74) is -1.00. The van der Waals surface area contributed by atoms with Crippen molar-refractivity contribution in [2.45, 2.75) is 13.3 Å². The van der Waals surface area contributed by atoms with Gasteiger partial charge in [-0.05, 0) is 12.0 Å². The van der Waals surface area contributed by atoms with Crippen molar-refractivity contribution < 1.29 is 14.8 Å². The molecule has 0 radical (unpaired) electrons. The molecule has 2 aromatic rings. The van der Waals surface area contributed by atoms with Crippen LogP contribution < -0.4 is 16.5 Å². The van der Waals surface area contributed by atoms with E-state index < -0.39 is 22.4 Å². The second-order valence-electron chi connectivity index (χ2n) is 4.24. The molecule has 0 spiro atoms. The van der Waals surface area contributed by atoms with Crippen molar-refractivity contribution in [1.29, 1.82) is 0 Å². The number of fused-ring (bicyclic) bond motifs is 1. The van der Waals surface area contributed by atoms with E-state index in [2.05, 4.69) is 9.97 Å². The fourth-order valence-electron chi connectivity index (χ4n) is 2.08. The van der Waals surface area contributed by atoms with Gasteiger partial charge in [0.15, 0.2) is 5.82 Å². The van der Waals surface area contributed by atoms with Crippen molar-refractivity contribution in [3.8, 4) is 0 Å². The number of nitrogens with two attached hydrogens (primary N) is 1. The number of halogens is 1. The van der Waals surface area contributed by atoms with Gasteiger partial charge in [-0.15, -0.1) is 0 Å². The van der Waals surface area contributed by atoms with Gasteiger partial charge in [0.2, 0.25) is 0 Å². The molecule has 0 fully saturated rings. The van der Waals surface area contributed by atoms with Crippen molar-refractivity contribution in [2.24, 2.45) is 5.84 Å². The number of nitrogens with zero attached hydrogens (tertiary/aromatic N) is 3. The van der Waals surface area contributed by atoms with Crippen LogP contribution in [0.1, 0.15) is 12.5 Å². The maximum atomic E-state index is 11.6. The van der Waals surface area contributed by atoms with E-state index in [1.54, 1.807) is 6.92 Å². The number of hydrogen-bond acceptors (Lipinski definition) is 6. The number of carbonyl (C=O) groups is 1. The minimum Gasteiger partial charge on any atom is -0.464 e. The fraction of sp³-hybridized carbons (Fsp3) is 0.182. The number of rotatable bonds is 3. The molecule has 0 saturated carbocycles. The number of nitrogens with one attached hydrogen (secondary N) is 1. The van der Waals surface area contributed by atoms with Crippen LogP contribution >= 0.6 is 11.6 Å². The smallest absolute Gasteiger partial charge is 0.427 e. The van der Waals surface area contributed by atoms with Crippen molar-refractivity contribution in [2.75, 3.05) is 5.01 Å². The van der Waals surface area contributed by atoms with Crippen LogP contribution in [0.25, 0.3) is 10.9 Å². The lowest BCUT2D eigenvalue weighted by atomic mass is 10.0. The number of nitro groups is 1. The lowest BCUT2D eigenvalue weighted by Gasteiger charge is -2.16. The molecule has 1 aromatic carbocycles. The molecule has 0 aliphatic rings. The van der Waals surface area contributed by atoms with E-state index in [1.807, 2.05) is 0 Å². The summed E-state index contributed by atoms with van der Waals surface area (Å²) in [6.07, 6.45) is -1.30. The molecule has 0 saturated heterocycles. The third-order valence-corrected chi connectivity index (χ3v) is 3.42. The summed E-state index contributed by atoms with van der Waals surface area (Å²) < 4.78 is 0. The van der Waals surface area contributed by atoms with Gasteiger partial charge >= 0.3 is 11.8 Å². The molecule has 4 N–H and O–H groups in total. The standard InChI is InChI=1S/C11H10ClN5O5/c1-2-4-7-5(3-6(8(4)12)17(21)22)14-10(18)15-9(7)16(13)11(19)20/h3H,2,13H2,1H3,(H,19,20)(H,14,15,18). The Morgan fingerprint density at radius 3 is 2.77 bits per heavy atom. The normalized spacial score (nSPS) is 10.7. The van der Waals surface area contributed by atoms with E-state index in [1.165, 1.54) is 0 Å². The number of hydrogen-bond donors (Lipinski definition) is 3. The van der Waals surface area contributed by atoms with Crippen LogP contribution in [0.2, 0.25) is 5.02 Å². The minimum atomic E-state index is -1.55. The summed E-state index contributed by atoms with van der Waals surface area (Å²) in [5, 5.41) is 20.2. The Kier molecular flexibility index (Phi) is 3.97. The zero-order valence-electron chi connectivity index (χ0n) is 11.2. The predicted octanol–water partition coefficient (Wildman–Crippen LogP) is 1.41. The van der Waals surface area contributed by atoms with Gasteiger partial charge in [-0.25, -0.2) is 15.4 Å². The van der Waals surface area contributed by atoms with Crippen LogP contribution in [0.5, 0.6) is 0 Å². The van der Waals surface area contributed by atoms with Crippen LogP contribution in [-0.4, -0.2) is 26.1 Å². The largest absolute Gasteiger partial charge is 0.464 e. The van der Waals surface area contributed by atoms with Gasteiger partial charge < -0.3 is 10.1 Å². The number of nitro benzene ring substituents is 1. The van der Waals surface area contributed by atoms with Crippen LogP contribution in [0.15, 0.2) is 10.9 Å². The number of amides is 1. The maximum Gasteiger partial charge on any atom is 0.427 e. The van der Waals surface area contributed by atoms with Gasteiger partial charge in [0.05, 0.1) is 10.4 Å². The molecule has 22 heavy (non-hydrogen) atoms. The zero-order valence-corrected chi connectivity index (χ0v) is 11.9. The summed E-state index contributed by atoms with van der Waals surface area (Å²) in [5.74, 6) is 5.04. The van der Waals surface area contributed by atoms with E-state index >= 15 is 0 Å². The number of aromatic amines is 1. The molecule has 0 unspecified atom stereocenters. The molecule has 116 valence electrons. The molecular formula is C11H10ClN5O5. The number of aromatic nitrogens is 2.